The van der Waals surface area contributed by atoms with Crippen molar-refractivity contribution in [2.45, 2.75) is 0 Å². The lowest BCUT2D eigenvalue weighted by Gasteiger charge is -2.13. The number of allylic oxidation sites excluding steroid dienone is 1. The smallest absolute Gasteiger partial charge is 0.262 e. The van der Waals surface area contributed by atoms with Gasteiger partial charge in [0.2, 0.25) is 5.88 Å². The fourth-order valence-electron chi connectivity index (χ4n) is 3.74. The summed E-state index contributed by atoms with van der Waals surface area (Å²) in [4.78, 5) is 20.3. The number of rotatable bonds is 3. The van der Waals surface area contributed by atoms with Crippen LogP contribution in [0.3, 0.4) is 0 Å². The number of halogens is 1. The fraction of sp³-hybridized carbons (Fsp3) is 0. The maximum Gasteiger partial charge on any atom is 0.262 e. The summed E-state index contributed by atoms with van der Waals surface area (Å²) in [6, 6.07) is 24.3. The largest absolute Gasteiger partial charge is 0.494 e. The minimum absolute atomic E-state index is 0.0701. The normalized spacial score (nSPS) is 13.8. The first kappa shape index (κ1) is 20.2. The molecule has 0 aliphatic carbocycles. The topological polar surface area (TPSA) is 70.4 Å². The Morgan fingerprint density at radius 2 is 1.75 bits per heavy atom. The van der Waals surface area contributed by atoms with E-state index in [2.05, 4.69) is 4.98 Å². The van der Waals surface area contributed by atoms with E-state index >= 15 is 0 Å². The first-order valence-corrected chi connectivity index (χ1v) is 10.6. The highest BCUT2D eigenvalue weighted by molar-refractivity contribution is 7.71. The molecule has 0 spiro atoms. The number of aliphatic imine (C=N–C) groups is 1. The number of fused-ring (bicyclic) bond motifs is 1. The molecule has 2 N–H and O–H groups in total. The monoisotopic (exact) mass is 457 g/mol. The van der Waals surface area contributed by atoms with Crippen LogP contribution >= 0.6 is 23.8 Å². The second-order valence-corrected chi connectivity index (χ2v) is 8.04. The van der Waals surface area contributed by atoms with Gasteiger partial charge >= 0.3 is 0 Å². The van der Waals surface area contributed by atoms with Crippen LogP contribution in [0.15, 0.2) is 88.6 Å². The standard InChI is InChI=1S/C25H16ClN3O2S/c26-16-9-6-10-17(13-16)29-24(31)20(23(30)28-25(29)32)14-19-18-11-4-5-12-21(18)27-22(19)15-7-2-1-3-8-15/h1-14,31H,(H,28,30,32). The molecule has 0 atom stereocenters. The summed E-state index contributed by atoms with van der Waals surface area (Å²) in [6.45, 7) is 0. The van der Waals surface area contributed by atoms with Crippen LogP contribution in [0.25, 0.3) is 17.3 Å². The summed E-state index contributed by atoms with van der Waals surface area (Å²) in [7, 11) is 0. The number of nitrogens with one attached hydrogen (secondary N) is 1. The number of para-hydroxylation sites is 1. The second kappa shape index (κ2) is 8.07. The van der Waals surface area contributed by atoms with E-state index in [1.54, 1.807) is 30.3 Å². The lowest BCUT2D eigenvalue weighted by atomic mass is 9.96. The highest BCUT2D eigenvalue weighted by atomic mass is 35.5. The molecule has 1 aromatic heterocycles. The molecule has 7 heteroatoms. The van der Waals surface area contributed by atoms with Crippen LogP contribution in [0.1, 0.15) is 16.7 Å². The van der Waals surface area contributed by atoms with E-state index in [0.29, 0.717) is 10.7 Å². The van der Waals surface area contributed by atoms with Gasteiger partial charge in [0.1, 0.15) is 5.56 Å². The summed E-state index contributed by atoms with van der Waals surface area (Å²) >= 11 is 11.4. The van der Waals surface area contributed by atoms with Crippen LogP contribution < -0.4 is 5.56 Å². The molecule has 1 aliphatic rings. The molecule has 3 aromatic carbocycles. The van der Waals surface area contributed by atoms with E-state index in [1.165, 1.54) is 4.57 Å². The van der Waals surface area contributed by atoms with Crippen molar-refractivity contribution in [3.63, 3.8) is 0 Å². The lowest BCUT2D eigenvalue weighted by molar-refractivity contribution is 0.432. The predicted molar refractivity (Wildman–Crippen MR) is 131 cm³/mol. The van der Waals surface area contributed by atoms with Gasteiger partial charge in [0.15, 0.2) is 4.77 Å². The Bertz CT molecular complexity index is 1540. The number of nitrogens with zero attached hydrogens (tertiary/aromatic N) is 2. The van der Waals surface area contributed by atoms with Gasteiger partial charge < -0.3 is 5.11 Å². The molecule has 0 fully saturated rings. The van der Waals surface area contributed by atoms with Crippen LogP contribution in [-0.4, -0.2) is 20.4 Å². The molecule has 0 amide bonds. The Balaban J connectivity index is 1.75. The minimum atomic E-state index is -0.491. The Kier molecular flexibility index (Phi) is 5.09. The van der Waals surface area contributed by atoms with Crippen LogP contribution in [-0.2, 0) is 0 Å². The van der Waals surface area contributed by atoms with Crippen LogP contribution in [0, 0.1) is 4.77 Å². The van der Waals surface area contributed by atoms with Gasteiger partial charge in [0.05, 0.1) is 17.1 Å². The van der Waals surface area contributed by atoms with E-state index in [1.807, 2.05) is 54.6 Å². The Morgan fingerprint density at radius 3 is 2.53 bits per heavy atom. The maximum atomic E-state index is 12.8. The third-order valence-corrected chi connectivity index (χ3v) is 5.72. The van der Waals surface area contributed by atoms with Gasteiger partial charge in [0.25, 0.3) is 5.56 Å². The van der Waals surface area contributed by atoms with Crippen molar-refractivity contribution in [1.29, 1.82) is 0 Å². The predicted octanol–water partition coefficient (Wildman–Crippen LogP) is 5.93. The lowest BCUT2D eigenvalue weighted by Crippen LogP contribution is -2.16. The second-order valence-electron chi connectivity index (χ2n) is 7.21. The van der Waals surface area contributed by atoms with Crippen LogP contribution in [0.2, 0.25) is 5.02 Å². The number of aromatic amines is 1. The van der Waals surface area contributed by atoms with Gasteiger partial charge in [-0.05, 0) is 42.6 Å². The van der Waals surface area contributed by atoms with Crippen molar-refractivity contribution in [3.05, 3.63) is 116 Å². The van der Waals surface area contributed by atoms with E-state index in [0.717, 1.165) is 28.1 Å². The molecule has 0 saturated carbocycles. The van der Waals surface area contributed by atoms with Crippen molar-refractivity contribution in [1.82, 2.24) is 9.55 Å². The zero-order chi connectivity index (χ0) is 22.2. The SMILES string of the molecule is O=c1[nH]c(=S)n(-c2cccc(Cl)c2)c(O)c1C=C1C(c2ccccc2)=Nc2ccccc21. The molecule has 0 radical (unpaired) electrons. The first-order valence-electron chi connectivity index (χ1n) is 9.83. The highest BCUT2D eigenvalue weighted by Gasteiger charge is 2.23. The van der Waals surface area contributed by atoms with E-state index in [-0.39, 0.29) is 16.2 Å². The van der Waals surface area contributed by atoms with Crippen LogP contribution in [0.4, 0.5) is 5.69 Å². The van der Waals surface area contributed by atoms with Crippen molar-refractivity contribution in [3.8, 4) is 11.6 Å². The molecule has 2 heterocycles. The van der Waals surface area contributed by atoms with E-state index in [4.69, 9.17) is 28.8 Å². The van der Waals surface area contributed by atoms with Crippen molar-refractivity contribution >= 4 is 46.9 Å². The molecule has 1 aliphatic heterocycles. The zero-order valence-corrected chi connectivity index (χ0v) is 18.2. The number of aromatic hydroxyl groups is 1. The molecule has 0 bridgehead atoms. The van der Waals surface area contributed by atoms with Gasteiger partial charge in [-0.3, -0.25) is 14.3 Å². The minimum Gasteiger partial charge on any atom is -0.494 e. The maximum absolute atomic E-state index is 12.8. The molecule has 5 nitrogen and oxygen atoms in total. The number of H-pyrrole nitrogens is 1. The number of benzene rings is 3. The molecule has 5 rings (SSSR count). The molecule has 156 valence electrons. The Labute approximate surface area is 193 Å². The van der Waals surface area contributed by atoms with Gasteiger partial charge in [-0.2, -0.15) is 0 Å². The number of hydrogen-bond donors (Lipinski definition) is 2. The van der Waals surface area contributed by atoms with Crippen LogP contribution in [0.5, 0.6) is 5.88 Å². The van der Waals surface area contributed by atoms with E-state index in [9.17, 15) is 9.90 Å². The summed E-state index contributed by atoms with van der Waals surface area (Å²) in [5.74, 6) is -0.273. The summed E-state index contributed by atoms with van der Waals surface area (Å²) in [5.41, 5.74) is 4.18. The molecule has 4 aromatic rings. The average Bonchev–Trinajstić information content (AvgIpc) is 3.15. The quantitative estimate of drug-likeness (QED) is 0.374. The summed E-state index contributed by atoms with van der Waals surface area (Å²) in [5, 5.41) is 11.6. The average molecular weight is 458 g/mol. The van der Waals surface area contributed by atoms with Gasteiger partial charge in [0, 0.05) is 21.7 Å². The third-order valence-electron chi connectivity index (χ3n) is 5.20. The molecule has 0 unspecified atom stereocenters. The highest BCUT2D eigenvalue weighted by Crippen LogP contribution is 2.38. The van der Waals surface area contributed by atoms with Gasteiger partial charge in [-0.1, -0.05) is 66.2 Å². The third kappa shape index (κ3) is 3.49. The zero-order valence-electron chi connectivity index (χ0n) is 16.6. The Hall–Kier alpha value is -3.74. The molecule has 32 heavy (non-hydrogen) atoms. The first-order chi connectivity index (χ1) is 15.5. The van der Waals surface area contributed by atoms with Gasteiger partial charge in [-0.25, -0.2) is 4.99 Å². The molecule has 0 saturated heterocycles. The van der Waals surface area contributed by atoms with Crippen molar-refractivity contribution in [2.24, 2.45) is 4.99 Å². The number of aromatic nitrogens is 2. The van der Waals surface area contributed by atoms with Crippen molar-refractivity contribution in [2.75, 3.05) is 0 Å². The van der Waals surface area contributed by atoms with E-state index < -0.39 is 5.56 Å². The molecular formula is C25H16ClN3O2S. The Morgan fingerprint density at radius 1 is 1.00 bits per heavy atom. The summed E-state index contributed by atoms with van der Waals surface area (Å²) < 4.78 is 1.45. The number of hydrogen-bond acceptors (Lipinski definition) is 4. The van der Waals surface area contributed by atoms with Gasteiger partial charge in [-0.15, -0.1) is 0 Å². The van der Waals surface area contributed by atoms with Crippen molar-refractivity contribution < 1.29 is 5.11 Å². The summed E-state index contributed by atoms with van der Waals surface area (Å²) in [6.07, 6.45) is 1.65. The fourth-order valence-corrected chi connectivity index (χ4v) is 4.21. The molecular weight excluding hydrogens is 442 g/mol.